The number of rotatable bonds is 8. The summed E-state index contributed by atoms with van der Waals surface area (Å²) in [6.45, 7) is 6.29. The van der Waals surface area contributed by atoms with Crippen molar-refractivity contribution in [2.45, 2.75) is 59.0 Å². The number of aromatic nitrogens is 1. The molecule has 1 unspecified atom stereocenters. The van der Waals surface area contributed by atoms with Crippen molar-refractivity contribution < 1.29 is 28.8 Å². The van der Waals surface area contributed by atoms with Crippen molar-refractivity contribution in [3.63, 3.8) is 0 Å². The topological polar surface area (TPSA) is 103 Å². The first-order chi connectivity index (χ1) is 17.0. The number of aliphatic carboxylic acids is 1. The molecule has 3 heterocycles. The third-order valence-corrected chi connectivity index (χ3v) is 6.70. The van der Waals surface area contributed by atoms with Gasteiger partial charge in [-0.05, 0) is 60.2 Å². The van der Waals surface area contributed by atoms with E-state index in [-0.39, 0.29) is 13.2 Å². The summed E-state index contributed by atoms with van der Waals surface area (Å²) < 4.78 is 24.9. The number of carbonyl (C=O) groups is 1. The van der Waals surface area contributed by atoms with Crippen LogP contribution in [0.15, 0.2) is 24.3 Å². The normalized spacial score (nSPS) is 16.3. The summed E-state index contributed by atoms with van der Waals surface area (Å²) >= 11 is 0. The number of nitriles is 1. The van der Waals surface area contributed by atoms with Crippen molar-refractivity contribution in [3.8, 4) is 17.6 Å². The monoisotopic (exact) mass is 476 g/mol. The number of hydrogen-bond acceptors (Lipinski definition) is 6. The lowest BCUT2D eigenvalue weighted by Crippen LogP contribution is -2.21. The molecule has 0 amide bonds. The first-order valence-electron chi connectivity index (χ1n) is 11.9. The molecule has 8 nitrogen and oxygen atoms in total. The Morgan fingerprint density at radius 3 is 2.86 bits per heavy atom. The van der Waals surface area contributed by atoms with E-state index in [0.717, 1.165) is 63.3 Å². The Bertz CT molecular complexity index is 1340. The molecule has 0 spiro atoms. The van der Waals surface area contributed by atoms with Crippen LogP contribution in [0, 0.1) is 18.3 Å². The fraction of sp³-hybridized carbons (Fsp3) is 0.407. The lowest BCUT2D eigenvalue weighted by atomic mass is 9.95. The molecule has 2 aliphatic heterocycles. The Hall–Kier alpha value is -3.54. The number of carboxylic acid groups (broad SMARTS) is 1. The van der Waals surface area contributed by atoms with Crippen LogP contribution in [0.2, 0.25) is 0 Å². The number of fused-ring (bicyclic) bond motifs is 4. The summed E-state index contributed by atoms with van der Waals surface area (Å²) in [4.78, 5) is 11.5. The van der Waals surface area contributed by atoms with Crippen LogP contribution in [0.1, 0.15) is 59.4 Å². The first-order valence-corrected chi connectivity index (χ1v) is 11.9. The third-order valence-electron chi connectivity index (χ3n) is 6.70. The molecule has 2 aliphatic rings. The average Bonchev–Trinajstić information content (AvgIpc) is 3.44. The summed E-state index contributed by atoms with van der Waals surface area (Å²) in [5.74, 6) is 0.558. The molecule has 0 bridgehead atoms. The molecule has 3 aromatic rings. The summed E-state index contributed by atoms with van der Waals surface area (Å²) in [5, 5.41) is 20.4. The molecule has 2 aromatic carbocycles. The zero-order valence-electron chi connectivity index (χ0n) is 19.9. The highest BCUT2D eigenvalue weighted by Gasteiger charge is 2.32. The van der Waals surface area contributed by atoms with Gasteiger partial charge < -0.3 is 28.6 Å². The maximum absolute atomic E-state index is 11.5. The van der Waals surface area contributed by atoms with Crippen LogP contribution in [0.4, 0.5) is 0 Å². The van der Waals surface area contributed by atoms with Crippen molar-refractivity contribution in [2.24, 2.45) is 0 Å². The SMILES string of the molecule is CCCn1c2c(c3c(C#N)cc(COCc4ccc5c(c4)OCO5)c(C)c31)CCOC2CC(=O)O. The molecule has 1 atom stereocenters. The highest BCUT2D eigenvalue weighted by molar-refractivity contribution is 5.94. The average molecular weight is 477 g/mol. The van der Waals surface area contributed by atoms with E-state index in [9.17, 15) is 15.2 Å². The van der Waals surface area contributed by atoms with Gasteiger partial charge in [0, 0.05) is 11.9 Å². The first kappa shape index (κ1) is 23.2. The zero-order chi connectivity index (χ0) is 24.5. The Morgan fingerprint density at radius 2 is 2.09 bits per heavy atom. The van der Waals surface area contributed by atoms with Gasteiger partial charge in [-0.2, -0.15) is 5.26 Å². The van der Waals surface area contributed by atoms with Gasteiger partial charge in [0.25, 0.3) is 0 Å². The molecule has 35 heavy (non-hydrogen) atoms. The van der Waals surface area contributed by atoms with E-state index >= 15 is 0 Å². The molecular formula is C27H28N2O6. The van der Waals surface area contributed by atoms with Crippen LogP contribution in [-0.2, 0) is 40.4 Å². The largest absolute Gasteiger partial charge is 0.481 e. The van der Waals surface area contributed by atoms with Gasteiger partial charge in [0.2, 0.25) is 6.79 Å². The Balaban J connectivity index is 1.51. The van der Waals surface area contributed by atoms with Crippen molar-refractivity contribution in [1.29, 1.82) is 5.26 Å². The number of aryl methyl sites for hydroxylation is 2. The molecule has 0 fully saturated rings. The van der Waals surface area contributed by atoms with E-state index in [4.69, 9.17) is 18.9 Å². The number of benzene rings is 2. The molecule has 0 aliphatic carbocycles. The molecule has 5 rings (SSSR count). The molecule has 0 saturated carbocycles. The smallest absolute Gasteiger partial charge is 0.306 e. The van der Waals surface area contributed by atoms with E-state index in [2.05, 4.69) is 17.6 Å². The number of nitrogens with zero attached hydrogens (tertiary/aromatic N) is 2. The molecule has 182 valence electrons. The fourth-order valence-corrected chi connectivity index (χ4v) is 5.20. The number of hydrogen-bond donors (Lipinski definition) is 1. The second-order valence-corrected chi connectivity index (χ2v) is 8.95. The van der Waals surface area contributed by atoms with E-state index in [1.807, 2.05) is 31.2 Å². The van der Waals surface area contributed by atoms with Gasteiger partial charge in [0.1, 0.15) is 6.10 Å². The molecule has 0 saturated heterocycles. The predicted octanol–water partition coefficient (Wildman–Crippen LogP) is 4.77. The number of carboxylic acids is 1. The van der Waals surface area contributed by atoms with Crippen LogP contribution in [-0.4, -0.2) is 29.0 Å². The minimum Gasteiger partial charge on any atom is -0.481 e. The molecule has 1 N–H and O–H groups in total. The van der Waals surface area contributed by atoms with Gasteiger partial charge in [0.05, 0.1) is 49.1 Å². The Kier molecular flexibility index (Phi) is 6.37. The fourth-order valence-electron chi connectivity index (χ4n) is 5.20. The van der Waals surface area contributed by atoms with Crippen LogP contribution in [0.5, 0.6) is 11.5 Å². The Labute approximate surface area is 203 Å². The van der Waals surface area contributed by atoms with Crippen LogP contribution >= 0.6 is 0 Å². The second kappa shape index (κ2) is 9.61. The molecular weight excluding hydrogens is 448 g/mol. The predicted molar refractivity (Wildman–Crippen MR) is 127 cm³/mol. The lowest BCUT2D eigenvalue weighted by Gasteiger charge is -2.25. The summed E-state index contributed by atoms with van der Waals surface area (Å²) in [6, 6.07) is 10.0. The highest BCUT2D eigenvalue weighted by Crippen LogP contribution is 2.41. The Morgan fingerprint density at radius 1 is 1.26 bits per heavy atom. The zero-order valence-corrected chi connectivity index (χ0v) is 19.9. The van der Waals surface area contributed by atoms with E-state index < -0.39 is 12.1 Å². The van der Waals surface area contributed by atoms with Gasteiger partial charge in [-0.25, -0.2) is 0 Å². The van der Waals surface area contributed by atoms with Crippen molar-refractivity contribution >= 4 is 16.9 Å². The summed E-state index contributed by atoms with van der Waals surface area (Å²) in [7, 11) is 0. The van der Waals surface area contributed by atoms with Gasteiger partial charge in [0.15, 0.2) is 11.5 Å². The van der Waals surface area contributed by atoms with Crippen molar-refractivity contribution in [3.05, 3.63) is 57.8 Å². The second-order valence-electron chi connectivity index (χ2n) is 8.95. The number of ether oxygens (including phenoxy) is 4. The quantitative estimate of drug-likeness (QED) is 0.500. The maximum Gasteiger partial charge on any atom is 0.306 e. The maximum atomic E-state index is 11.5. The molecule has 1 aromatic heterocycles. The standard InChI is InChI=1S/C27H28N2O6/c1-3-7-29-26-16(2)19(14-32-13-17-4-5-21-22(9-17)35-15-34-21)10-18(12-28)25(26)20-6-8-33-23(27(20)29)11-24(30)31/h4-5,9-10,23H,3,6-8,11,13-15H2,1-2H3,(H,30,31). The van der Waals surface area contributed by atoms with Gasteiger partial charge in [-0.3, -0.25) is 4.79 Å². The molecule has 8 heteroatoms. The van der Waals surface area contributed by atoms with Gasteiger partial charge in [-0.1, -0.05) is 13.0 Å². The van der Waals surface area contributed by atoms with Gasteiger partial charge >= 0.3 is 5.97 Å². The minimum absolute atomic E-state index is 0.0977. The van der Waals surface area contributed by atoms with Gasteiger partial charge in [-0.15, -0.1) is 0 Å². The van der Waals surface area contributed by atoms with Crippen LogP contribution in [0.25, 0.3) is 10.9 Å². The van der Waals surface area contributed by atoms with E-state index in [1.165, 1.54) is 0 Å². The summed E-state index contributed by atoms with van der Waals surface area (Å²) in [5.41, 5.74) is 6.48. The van der Waals surface area contributed by atoms with Crippen LogP contribution in [0.3, 0.4) is 0 Å². The van der Waals surface area contributed by atoms with E-state index in [1.54, 1.807) is 0 Å². The third kappa shape index (κ3) is 4.22. The van der Waals surface area contributed by atoms with Crippen molar-refractivity contribution in [2.75, 3.05) is 13.4 Å². The van der Waals surface area contributed by atoms with Crippen LogP contribution < -0.4 is 9.47 Å². The lowest BCUT2D eigenvalue weighted by molar-refractivity contribution is -0.140. The molecule has 0 radical (unpaired) electrons. The summed E-state index contributed by atoms with van der Waals surface area (Å²) in [6.07, 6.45) is 0.917. The minimum atomic E-state index is -0.897. The van der Waals surface area contributed by atoms with E-state index in [0.29, 0.717) is 31.8 Å². The van der Waals surface area contributed by atoms with Crippen molar-refractivity contribution in [1.82, 2.24) is 4.57 Å². The highest BCUT2D eigenvalue weighted by atomic mass is 16.7.